The van der Waals surface area contributed by atoms with Crippen LogP contribution in [0.25, 0.3) is 0 Å². The van der Waals surface area contributed by atoms with Crippen LogP contribution in [-0.2, 0) is 6.42 Å². The predicted molar refractivity (Wildman–Crippen MR) is 45.4 cm³/mol. The quantitative estimate of drug-likeness (QED) is 0.355. The van der Waals surface area contributed by atoms with E-state index in [0.29, 0.717) is 17.2 Å². The zero-order valence-electron chi connectivity index (χ0n) is 7.36. The summed E-state index contributed by atoms with van der Waals surface area (Å²) in [5.41, 5.74) is 1.95. The number of rotatable bonds is 0. The molecule has 1 aromatic rings. The molecular formula is C8H11N3O2. The average Bonchev–Trinajstić information content (AvgIpc) is 2.43. The van der Waals surface area contributed by atoms with Crippen LogP contribution in [0.3, 0.4) is 0 Å². The van der Waals surface area contributed by atoms with Gasteiger partial charge in [-0.15, -0.1) is 0 Å². The third-order valence-electron chi connectivity index (χ3n) is 2.33. The van der Waals surface area contributed by atoms with Crippen LogP contribution >= 0.6 is 0 Å². The number of hydrogen-bond acceptors (Lipinski definition) is 4. The van der Waals surface area contributed by atoms with Crippen molar-refractivity contribution in [3.63, 3.8) is 0 Å². The predicted octanol–water partition coefficient (Wildman–Crippen LogP) is 0.943. The highest BCUT2D eigenvalue weighted by molar-refractivity contribution is 6.00. The van der Waals surface area contributed by atoms with Crippen LogP contribution < -0.4 is 0 Å². The van der Waals surface area contributed by atoms with Gasteiger partial charge >= 0.3 is 0 Å². The Labute approximate surface area is 75.3 Å². The summed E-state index contributed by atoms with van der Waals surface area (Å²) in [5, 5.41) is 21.4. The lowest BCUT2D eigenvalue weighted by Gasteiger charge is -2.11. The number of oxime groups is 1. The summed E-state index contributed by atoms with van der Waals surface area (Å²) in [7, 11) is 0. The summed E-state index contributed by atoms with van der Waals surface area (Å²) in [5.74, 6) is 0.535. The number of nitrogens with zero attached hydrogens (tertiary/aromatic N) is 3. The third kappa shape index (κ3) is 1.07. The average molecular weight is 181 g/mol. The molecule has 0 bridgehead atoms. The SMILES string of the molecule is Cc1nc2c(n1O)CCC/C2=N/O. The van der Waals surface area contributed by atoms with Gasteiger partial charge in [0.05, 0.1) is 5.69 Å². The molecule has 0 unspecified atom stereocenters. The molecule has 0 atom stereocenters. The minimum Gasteiger partial charge on any atom is -0.427 e. The van der Waals surface area contributed by atoms with Crippen LogP contribution in [-0.4, -0.2) is 25.8 Å². The van der Waals surface area contributed by atoms with Gasteiger partial charge in [0.15, 0.2) is 0 Å². The van der Waals surface area contributed by atoms with Crippen molar-refractivity contribution in [2.75, 3.05) is 0 Å². The smallest absolute Gasteiger partial charge is 0.142 e. The number of imidazole rings is 1. The van der Waals surface area contributed by atoms with Gasteiger partial charge in [-0.3, -0.25) is 0 Å². The van der Waals surface area contributed by atoms with E-state index in [4.69, 9.17) is 5.21 Å². The molecule has 1 aliphatic rings. The van der Waals surface area contributed by atoms with Gasteiger partial charge in [-0.2, -0.15) is 4.73 Å². The van der Waals surface area contributed by atoms with Crippen molar-refractivity contribution in [2.24, 2.45) is 5.16 Å². The highest BCUT2D eigenvalue weighted by atomic mass is 16.5. The first-order valence-corrected chi connectivity index (χ1v) is 4.23. The van der Waals surface area contributed by atoms with Gasteiger partial charge in [-0.05, 0) is 26.2 Å². The van der Waals surface area contributed by atoms with Crippen LogP contribution in [0.2, 0.25) is 0 Å². The van der Waals surface area contributed by atoms with Crippen molar-refractivity contribution < 1.29 is 10.4 Å². The molecule has 1 aromatic heterocycles. The standard InChI is InChI=1S/C8H11N3O2/c1-5-9-8-6(10-12)3-2-4-7(8)11(5)13/h12-13H,2-4H2,1H3/b10-6-. The normalized spacial score (nSPS) is 19.0. The van der Waals surface area contributed by atoms with Crippen LogP contribution in [0.1, 0.15) is 30.1 Å². The lowest BCUT2D eigenvalue weighted by Crippen LogP contribution is -2.13. The van der Waals surface area contributed by atoms with Crippen LogP contribution in [0.5, 0.6) is 0 Å². The first kappa shape index (κ1) is 8.10. The molecule has 0 amide bonds. The van der Waals surface area contributed by atoms with E-state index in [0.717, 1.165) is 29.7 Å². The molecule has 0 saturated carbocycles. The Bertz CT molecular complexity index is 368. The fourth-order valence-corrected chi connectivity index (χ4v) is 1.66. The van der Waals surface area contributed by atoms with Crippen molar-refractivity contribution in [2.45, 2.75) is 26.2 Å². The van der Waals surface area contributed by atoms with Crippen molar-refractivity contribution in [3.8, 4) is 0 Å². The first-order chi connectivity index (χ1) is 6.24. The molecule has 0 aliphatic heterocycles. The van der Waals surface area contributed by atoms with E-state index in [9.17, 15) is 5.21 Å². The molecular weight excluding hydrogens is 170 g/mol. The number of hydrogen-bond donors (Lipinski definition) is 2. The Hall–Kier alpha value is -1.52. The van der Waals surface area contributed by atoms with Crippen molar-refractivity contribution in [1.29, 1.82) is 0 Å². The summed E-state index contributed by atoms with van der Waals surface area (Å²) in [6.45, 7) is 1.72. The van der Waals surface area contributed by atoms with Crippen LogP contribution in [0.15, 0.2) is 5.16 Å². The molecule has 1 heterocycles. The van der Waals surface area contributed by atoms with E-state index < -0.39 is 0 Å². The topological polar surface area (TPSA) is 70.6 Å². The van der Waals surface area contributed by atoms with Crippen LogP contribution in [0, 0.1) is 6.92 Å². The highest BCUT2D eigenvalue weighted by Crippen LogP contribution is 2.21. The molecule has 0 fully saturated rings. The van der Waals surface area contributed by atoms with Gasteiger partial charge in [-0.1, -0.05) is 5.16 Å². The van der Waals surface area contributed by atoms with E-state index >= 15 is 0 Å². The Balaban J connectivity index is 2.58. The van der Waals surface area contributed by atoms with Gasteiger partial charge in [0.2, 0.25) is 0 Å². The lowest BCUT2D eigenvalue weighted by atomic mass is 9.99. The second-order valence-electron chi connectivity index (χ2n) is 3.17. The van der Waals surface area contributed by atoms with Gasteiger partial charge in [-0.25, -0.2) is 4.98 Å². The van der Waals surface area contributed by atoms with Crippen molar-refractivity contribution in [1.82, 2.24) is 9.71 Å². The Morgan fingerprint density at radius 1 is 1.46 bits per heavy atom. The van der Waals surface area contributed by atoms with Crippen LogP contribution in [0.4, 0.5) is 0 Å². The van der Waals surface area contributed by atoms with E-state index in [2.05, 4.69) is 10.1 Å². The monoisotopic (exact) mass is 181 g/mol. The highest BCUT2D eigenvalue weighted by Gasteiger charge is 2.23. The Morgan fingerprint density at radius 3 is 2.92 bits per heavy atom. The molecule has 1 aliphatic carbocycles. The summed E-state index contributed by atoms with van der Waals surface area (Å²) in [6.07, 6.45) is 2.39. The largest absolute Gasteiger partial charge is 0.427 e. The summed E-state index contributed by atoms with van der Waals surface area (Å²) in [6, 6.07) is 0. The molecule has 2 N–H and O–H groups in total. The maximum Gasteiger partial charge on any atom is 0.142 e. The first-order valence-electron chi connectivity index (χ1n) is 4.23. The molecule has 0 spiro atoms. The summed E-state index contributed by atoms with van der Waals surface area (Å²) >= 11 is 0. The fraction of sp³-hybridized carbons (Fsp3) is 0.500. The minimum atomic E-state index is 0.535. The summed E-state index contributed by atoms with van der Waals surface area (Å²) in [4.78, 5) is 4.13. The maximum absolute atomic E-state index is 9.51. The molecule has 13 heavy (non-hydrogen) atoms. The second kappa shape index (κ2) is 2.76. The number of aryl methyl sites for hydroxylation is 1. The van der Waals surface area contributed by atoms with E-state index in [-0.39, 0.29) is 0 Å². The summed E-state index contributed by atoms with van der Waals surface area (Å²) < 4.78 is 1.07. The Morgan fingerprint density at radius 2 is 2.23 bits per heavy atom. The van der Waals surface area contributed by atoms with E-state index in [1.54, 1.807) is 6.92 Å². The molecule has 0 aromatic carbocycles. The maximum atomic E-state index is 9.51. The zero-order valence-corrected chi connectivity index (χ0v) is 7.36. The van der Waals surface area contributed by atoms with Crippen molar-refractivity contribution in [3.05, 3.63) is 17.2 Å². The molecule has 0 saturated heterocycles. The van der Waals surface area contributed by atoms with Gasteiger partial charge in [0, 0.05) is 0 Å². The molecule has 0 radical (unpaired) electrons. The molecule has 5 nitrogen and oxygen atoms in total. The molecule has 70 valence electrons. The van der Waals surface area contributed by atoms with Gasteiger partial charge < -0.3 is 10.4 Å². The van der Waals surface area contributed by atoms with E-state index in [1.807, 2.05) is 0 Å². The zero-order chi connectivity index (χ0) is 9.42. The minimum absolute atomic E-state index is 0.535. The molecule has 2 rings (SSSR count). The Kier molecular flexibility index (Phi) is 1.72. The third-order valence-corrected chi connectivity index (χ3v) is 2.33. The van der Waals surface area contributed by atoms with Gasteiger partial charge in [0.1, 0.15) is 17.2 Å². The second-order valence-corrected chi connectivity index (χ2v) is 3.17. The number of fused-ring (bicyclic) bond motifs is 1. The van der Waals surface area contributed by atoms with Crippen molar-refractivity contribution >= 4 is 5.71 Å². The lowest BCUT2D eigenvalue weighted by molar-refractivity contribution is 0.169. The van der Waals surface area contributed by atoms with E-state index in [1.165, 1.54) is 0 Å². The van der Waals surface area contributed by atoms with Gasteiger partial charge in [0.25, 0.3) is 0 Å². The number of aromatic nitrogens is 2. The molecule has 5 heteroatoms. The fourth-order valence-electron chi connectivity index (χ4n) is 1.66.